The molecule has 1 aliphatic heterocycles. The molecule has 1 heterocycles. The van der Waals surface area contributed by atoms with Crippen LogP contribution in [-0.2, 0) is 0 Å². The Morgan fingerprint density at radius 1 is 1.06 bits per heavy atom. The Labute approximate surface area is 97.3 Å². The number of aryl methyl sites for hydroxylation is 1. The van der Waals surface area contributed by atoms with E-state index in [4.69, 9.17) is 0 Å². The van der Waals surface area contributed by atoms with Crippen LogP contribution in [0.15, 0.2) is 24.3 Å². The van der Waals surface area contributed by atoms with E-state index in [2.05, 4.69) is 0 Å². The average Bonchev–Trinajstić information content (AvgIpc) is 2.57. The third-order valence-electron chi connectivity index (χ3n) is 3.27. The van der Waals surface area contributed by atoms with Crippen molar-refractivity contribution in [2.45, 2.75) is 32.6 Å². The van der Waals surface area contributed by atoms with Gasteiger partial charge in [0.1, 0.15) is 0 Å². The molecule has 0 atom stereocenters. The van der Waals surface area contributed by atoms with Crippen molar-refractivity contribution in [1.29, 1.82) is 0 Å². The molecule has 0 bridgehead atoms. The molecule has 1 aromatic carbocycles. The van der Waals surface area contributed by atoms with Gasteiger partial charge in [0.15, 0.2) is 0 Å². The number of benzene rings is 1. The van der Waals surface area contributed by atoms with Gasteiger partial charge in [0.25, 0.3) is 5.91 Å². The smallest absolute Gasteiger partial charge is 0.254 e. The summed E-state index contributed by atoms with van der Waals surface area (Å²) >= 11 is 0. The summed E-state index contributed by atoms with van der Waals surface area (Å²) in [5.74, 6) is 0.208. The molecule has 0 saturated carbocycles. The molecule has 0 unspecified atom stereocenters. The number of rotatable bonds is 1. The third-order valence-corrected chi connectivity index (χ3v) is 3.27. The molecule has 2 nitrogen and oxygen atoms in total. The van der Waals surface area contributed by atoms with Gasteiger partial charge in [-0.25, -0.2) is 0 Å². The molecule has 1 fully saturated rings. The van der Waals surface area contributed by atoms with Crippen LogP contribution in [0.5, 0.6) is 0 Å². The number of nitrogens with zero attached hydrogens (tertiary/aromatic N) is 1. The van der Waals surface area contributed by atoms with Crippen molar-refractivity contribution in [3.63, 3.8) is 0 Å². The van der Waals surface area contributed by atoms with Crippen molar-refractivity contribution in [2.75, 3.05) is 13.1 Å². The van der Waals surface area contributed by atoms with E-state index in [1.54, 1.807) is 0 Å². The van der Waals surface area contributed by atoms with Gasteiger partial charge in [0, 0.05) is 18.7 Å². The molecule has 1 aromatic rings. The van der Waals surface area contributed by atoms with Crippen molar-refractivity contribution in [3.05, 3.63) is 35.4 Å². The Morgan fingerprint density at radius 2 is 1.69 bits per heavy atom. The van der Waals surface area contributed by atoms with E-state index in [1.807, 2.05) is 36.1 Å². The first-order valence-corrected chi connectivity index (χ1v) is 6.14. The molecule has 2 heteroatoms. The van der Waals surface area contributed by atoms with Crippen molar-refractivity contribution < 1.29 is 4.79 Å². The highest BCUT2D eigenvalue weighted by Gasteiger charge is 2.18. The summed E-state index contributed by atoms with van der Waals surface area (Å²) < 4.78 is 0. The monoisotopic (exact) mass is 217 g/mol. The number of carbonyl (C=O) groups is 1. The Kier molecular flexibility index (Phi) is 3.60. The average molecular weight is 217 g/mol. The first-order valence-electron chi connectivity index (χ1n) is 6.14. The van der Waals surface area contributed by atoms with E-state index in [-0.39, 0.29) is 5.91 Å². The summed E-state index contributed by atoms with van der Waals surface area (Å²) in [7, 11) is 0. The topological polar surface area (TPSA) is 20.3 Å². The summed E-state index contributed by atoms with van der Waals surface area (Å²) in [6, 6.07) is 7.86. The van der Waals surface area contributed by atoms with E-state index in [0.29, 0.717) is 0 Å². The molecule has 0 N–H and O–H groups in total. The Morgan fingerprint density at radius 3 is 2.31 bits per heavy atom. The van der Waals surface area contributed by atoms with Crippen molar-refractivity contribution in [2.24, 2.45) is 0 Å². The van der Waals surface area contributed by atoms with E-state index in [0.717, 1.165) is 37.1 Å². The number of carbonyl (C=O) groups excluding carboxylic acids is 1. The van der Waals surface area contributed by atoms with Crippen LogP contribution >= 0.6 is 0 Å². The lowest BCUT2D eigenvalue weighted by atomic mass is 10.1. The predicted octanol–water partition coefficient (Wildman–Crippen LogP) is 3.01. The minimum absolute atomic E-state index is 0.208. The highest BCUT2D eigenvalue weighted by molar-refractivity contribution is 5.95. The lowest BCUT2D eigenvalue weighted by Gasteiger charge is -2.21. The maximum Gasteiger partial charge on any atom is 0.254 e. The van der Waals surface area contributed by atoms with Gasteiger partial charge >= 0.3 is 0 Å². The van der Waals surface area contributed by atoms with Gasteiger partial charge in [0.2, 0.25) is 0 Å². The van der Waals surface area contributed by atoms with Gasteiger partial charge in [-0.15, -0.1) is 0 Å². The Hall–Kier alpha value is -1.31. The van der Waals surface area contributed by atoms with Crippen LogP contribution in [0.25, 0.3) is 0 Å². The van der Waals surface area contributed by atoms with Crippen LogP contribution in [-0.4, -0.2) is 23.9 Å². The van der Waals surface area contributed by atoms with Gasteiger partial charge in [-0.05, 0) is 31.4 Å². The van der Waals surface area contributed by atoms with Crippen LogP contribution in [0, 0.1) is 6.92 Å². The minimum Gasteiger partial charge on any atom is -0.339 e. The molecule has 1 aliphatic rings. The van der Waals surface area contributed by atoms with Gasteiger partial charge in [-0.1, -0.05) is 31.0 Å². The number of amides is 1. The quantitative estimate of drug-likeness (QED) is 0.708. The maximum absolute atomic E-state index is 12.3. The Bertz CT molecular complexity index is 365. The first-order chi connectivity index (χ1) is 7.79. The van der Waals surface area contributed by atoms with Gasteiger partial charge in [-0.3, -0.25) is 4.79 Å². The van der Waals surface area contributed by atoms with E-state index < -0.39 is 0 Å². The molecular formula is C14H19NO. The van der Waals surface area contributed by atoms with Gasteiger partial charge in [-0.2, -0.15) is 0 Å². The van der Waals surface area contributed by atoms with Crippen LogP contribution in [0.4, 0.5) is 0 Å². The van der Waals surface area contributed by atoms with E-state index in [1.165, 1.54) is 12.8 Å². The molecule has 2 rings (SSSR count). The van der Waals surface area contributed by atoms with Gasteiger partial charge in [0.05, 0.1) is 0 Å². The summed E-state index contributed by atoms with van der Waals surface area (Å²) in [6.45, 7) is 3.85. The fourth-order valence-corrected chi connectivity index (χ4v) is 2.26. The summed E-state index contributed by atoms with van der Waals surface area (Å²) in [5, 5.41) is 0. The summed E-state index contributed by atoms with van der Waals surface area (Å²) in [4.78, 5) is 14.3. The molecule has 1 amide bonds. The molecule has 0 spiro atoms. The minimum atomic E-state index is 0.208. The van der Waals surface area contributed by atoms with Crippen LogP contribution < -0.4 is 0 Å². The lowest BCUT2D eigenvalue weighted by Crippen LogP contribution is -2.32. The summed E-state index contributed by atoms with van der Waals surface area (Å²) in [5.41, 5.74) is 1.95. The zero-order valence-electron chi connectivity index (χ0n) is 9.91. The Balaban J connectivity index is 2.14. The zero-order chi connectivity index (χ0) is 11.4. The maximum atomic E-state index is 12.3. The molecule has 16 heavy (non-hydrogen) atoms. The van der Waals surface area contributed by atoms with Crippen LogP contribution in [0.2, 0.25) is 0 Å². The zero-order valence-corrected chi connectivity index (χ0v) is 9.91. The van der Waals surface area contributed by atoms with E-state index >= 15 is 0 Å². The molecular weight excluding hydrogens is 198 g/mol. The highest BCUT2D eigenvalue weighted by atomic mass is 16.2. The molecule has 0 aromatic heterocycles. The number of hydrogen-bond acceptors (Lipinski definition) is 1. The second-order valence-electron chi connectivity index (χ2n) is 4.52. The third kappa shape index (κ3) is 2.43. The first kappa shape index (κ1) is 11.2. The number of likely N-dealkylation sites (tertiary alicyclic amines) is 1. The molecule has 0 aliphatic carbocycles. The van der Waals surface area contributed by atoms with Crippen LogP contribution in [0.1, 0.15) is 41.6 Å². The van der Waals surface area contributed by atoms with Crippen LogP contribution in [0.3, 0.4) is 0 Å². The van der Waals surface area contributed by atoms with Crippen molar-refractivity contribution >= 4 is 5.91 Å². The summed E-state index contributed by atoms with van der Waals surface area (Å²) in [6.07, 6.45) is 4.82. The van der Waals surface area contributed by atoms with Crippen molar-refractivity contribution in [1.82, 2.24) is 4.90 Å². The SMILES string of the molecule is Cc1ccccc1C(=O)N1CCCCCC1. The highest BCUT2D eigenvalue weighted by Crippen LogP contribution is 2.15. The number of hydrogen-bond donors (Lipinski definition) is 0. The molecule has 0 radical (unpaired) electrons. The second kappa shape index (κ2) is 5.15. The fraction of sp³-hybridized carbons (Fsp3) is 0.500. The molecule has 86 valence electrons. The standard InChI is InChI=1S/C14H19NO/c1-12-8-4-5-9-13(12)14(16)15-10-6-2-3-7-11-15/h4-5,8-9H,2-3,6-7,10-11H2,1H3. The predicted molar refractivity (Wildman–Crippen MR) is 65.6 cm³/mol. The van der Waals surface area contributed by atoms with Gasteiger partial charge < -0.3 is 4.90 Å². The lowest BCUT2D eigenvalue weighted by molar-refractivity contribution is 0.0761. The normalized spacial score (nSPS) is 16.9. The van der Waals surface area contributed by atoms with E-state index in [9.17, 15) is 4.79 Å². The van der Waals surface area contributed by atoms with Crippen molar-refractivity contribution in [3.8, 4) is 0 Å². The fourth-order valence-electron chi connectivity index (χ4n) is 2.26. The largest absolute Gasteiger partial charge is 0.339 e. The molecule has 1 saturated heterocycles. The second-order valence-corrected chi connectivity index (χ2v) is 4.52.